The number of methoxy groups -OCH3 is 1. The maximum atomic E-state index is 12.4. The van der Waals surface area contributed by atoms with Crippen molar-refractivity contribution in [1.82, 2.24) is 19.9 Å². The van der Waals surface area contributed by atoms with Crippen molar-refractivity contribution in [1.29, 1.82) is 5.41 Å². The Morgan fingerprint density at radius 1 is 1.43 bits per heavy atom. The number of nitrogens with zero attached hydrogens (tertiary/aromatic N) is 4. The van der Waals surface area contributed by atoms with Crippen LogP contribution in [0.2, 0.25) is 0 Å². The van der Waals surface area contributed by atoms with E-state index in [-0.39, 0.29) is 6.10 Å². The summed E-state index contributed by atoms with van der Waals surface area (Å²) in [6, 6.07) is 1.84. The summed E-state index contributed by atoms with van der Waals surface area (Å²) in [6.07, 6.45) is 3.59. The van der Waals surface area contributed by atoms with Crippen molar-refractivity contribution < 1.29 is 13.5 Å². The number of aromatic nitrogens is 4. The standard InChI is InChI=1S/C18H23F2N7O/c1-28-12-4-11(6-21)8-27(9-12)17-5-14(24-10-25-17)15-7-23-16(26-15)3-2-13(22)18(19)20/h2-3,5,7,10-12,18,22H,4,6,8-9,21H2,1H3,(H,23,26)/b3-2-,22-13?. The molecule has 0 bridgehead atoms. The lowest BCUT2D eigenvalue weighted by molar-refractivity contribution is 0.0726. The molecule has 0 aliphatic carbocycles. The number of imidazole rings is 1. The number of nitrogens with one attached hydrogen (secondary N) is 2. The zero-order valence-corrected chi connectivity index (χ0v) is 15.5. The quantitative estimate of drug-likeness (QED) is 0.621. The van der Waals surface area contributed by atoms with Crippen molar-refractivity contribution in [2.45, 2.75) is 19.0 Å². The third kappa shape index (κ3) is 4.76. The average Bonchev–Trinajstić information content (AvgIpc) is 3.20. The Kier molecular flexibility index (Phi) is 6.42. The number of aromatic amines is 1. The maximum absolute atomic E-state index is 12.4. The second-order valence-corrected chi connectivity index (χ2v) is 6.63. The molecule has 2 atom stereocenters. The minimum atomic E-state index is -2.81. The van der Waals surface area contributed by atoms with E-state index in [4.69, 9.17) is 15.9 Å². The molecule has 150 valence electrons. The van der Waals surface area contributed by atoms with E-state index in [2.05, 4.69) is 24.8 Å². The Morgan fingerprint density at radius 2 is 2.25 bits per heavy atom. The number of hydrogen-bond acceptors (Lipinski definition) is 7. The number of alkyl halides is 2. The number of halogens is 2. The van der Waals surface area contributed by atoms with Gasteiger partial charge in [-0.05, 0) is 31.0 Å². The number of rotatable bonds is 7. The molecule has 0 radical (unpaired) electrons. The normalized spacial score (nSPS) is 20.2. The Hall–Kier alpha value is -2.72. The predicted octanol–water partition coefficient (Wildman–Crippen LogP) is 1.96. The predicted molar refractivity (Wildman–Crippen MR) is 103 cm³/mol. The van der Waals surface area contributed by atoms with Crippen LogP contribution in [0.4, 0.5) is 14.6 Å². The van der Waals surface area contributed by atoms with Gasteiger partial charge in [0.05, 0.1) is 29.4 Å². The van der Waals surface area contributed by atoms with Gasteiger partial charge in [-0.3, -0.25) is 5.41 Å². The van der Waals surface area contributed by atoms with Crippen molar-refractivity contribution in [2.24, 2.45) is 11.7 Å². The van der Waals surface area contributed by atoms with Gasteiger partial charge in [0.1, 0.15) is 18.0 Å². The first-order chi connectivity index (χ1) is 13.5. The molecule has 1 aliphatic rings. The maximum Gasteiger partial charge on any atom is 0.279 e. The van der Waals surface area contributed by atoms with Gasteiger partial charge < -0.3 is 20.4 Å². The zero-order valence-electron chi connectivity index (χ0n) is 15.5. The number of H-pyrrole nitrogens is 1. The van der Waals surface area contributed by atoms with Crippen LogP contribution in [0.15, 0.2) is 24.7 Å². The number of ether oxygens (including phenoxy) is 1. The summed E-state index contributed by atoms with van der Waals surface area (Å²) in [6.45, 7) is 2.09. The Bertz CT molecular complexity index is 827. The molecule has 2 unspecified atom stereocenters. The second kappa shape index (κ2) is 8.98. The molecule has 3 heterocycles. The summed E-state index contributed by atoms with van der Waals surface area (Å²) in [5.41, 5.74) is 6.34. The number of allylic oxidation sites excluding steroid dienone is 1. The van der Waals surface area contributed by atoms with Crippen molar-refractivity contribution in [3.8, 4) is 11.4 Å². The molecule has 1 fully saturated rings. The van der Waals surface area contributed by atoms with Gasteiger partial charge in [0, 0.05) is 26.3 Å². The van der Waals surface area contributed by atoms with Crippen LogP contribution in [0.3, 0.4) is 0 Å². The van der Waals surface area contributed by atoms with E-state index in [9.17, 15) is 8.78 Å². The average molecular weight is 391 g/mol. The summed E-state index contributed by atoms with van der Waals surface area (Å²) < 4.78 is 30.3. The van der Waals surface area contributed by atoms with Crippen LogP contribution in [0.5, 0.6) is 0 Å². The minimum Gasteiger partial charge on any atom is -0.380 e. The molecule has 2 aromatic rings. The first kappa shape index (κ1) is 20.0. The van der Waals surface area contributed by atoms with Crippen LogP contribution in [-0.4, -0.2) is 64.9 Å². The lowest BCUT2D eigenvalue weighted by atomic mass is 9.96. The molecule has 3 rings (SSSR count). The molecule has 8 nitrogen and oxygen atoms in total. The molecule has 0 amide bonds. The van der Waals surface area contributed by atoms with Crippen molar-refractivity contribution in [2.75, 3.05) is 31.6 Å². The van der Waals surface area contributed by atoms with E-state index in [0.29, 0.717) is 29.7 Å². The van der Waals surface area contributed by atoms with E-state index in [1.807, 2.05) is 6.07 Å². The number of anilines is 1. The van der Waals surface area contributed by atoms with Gasteiger partial charge >= 0.3 is 0 Å². The fraction of sp³-hybridized carbons (Fsp3) is 0.444. The summed E-state index contributed by atoms with van der Waals surface area (Å²) in [5.74, 6) is 1.45. The number of nitrogens with two attached hydrogens (primary N) is 1. The van der Waals surface area contributed by atoms with Gasteiger partial charge in [-0.25, -0.2) is 23.7 Å². The Balaban J connectivity index is 1.77. The van der Waals surface area contributed by atoms with Crippen molar-refractivity contribution in [3.63, 3.8) is 0 Å². The fourth-order valence-corrected chi connectivity index (χ4v) is 3.14. The largest absolute Gasteiger partial charge is 0.380 e. The van der Waals surface area contributed by atoms with Crippen molar-refractivity contribution in [3.05, 3.63) is 30.5 Å². The molecule has 4 N–H and O–H groups in total. The number of hydrogen-bond donors (Lipinski definition) is 3. The molecule has 2 aromatic heterocycles. The second-order valence-electron chi connectivity index (χ2n) is 6.63. The molecule has 10 heteroatoms. The summed E-state index contributed by atoms with van der Waals surface area (Å²) >= 11 is 0. The van der Waals surface area contributed by atoms with Crippen LogP contribution < -0.4 is 10.6 Å². The van der Waals surface area contributed by atoms with Crippen LogP contribution in [-0.2, 0) is 4.74 Å². The molecular formula is C18H23F2N7O. The third-order valence-electron chi connectivity index (χ3n) is 4.67. The van der Waals surface area contributed by atoms with Crippen LogP contribution >= 0.6 is 0 Å². The highest BCUT2D eigenvalue weighted by atomic mass is 19.3. The topological polar surface area (TPSA) is 117 Å². The lowest BCUT2D eigenvalue weighted by Crippen LogP contribution is -2.46. The summed E-state index contributed by atoms with van der Waals surface area (Å²) in [4.78, 5) is 17.9. The van der Waals surface area contributed by atoms with Gasteiger partial charge in [0.15, 0.2) is 0 Å². The highest BCUT2D eigenvalue weighted by Crippen LogP contribution is 2.25. The van der Waals surface area contributed by atoms with Crippen molar-refractivity contribution >= 4 is 17.6 Å². The Morgan fingerprint density at radius 3 is 2.96 bits per heavy atom. The fourth-order valence-electron chi connectivity index (χ4n) is 3.14. The van der Waals surface area contributed by atoms with Crippen LogP contribution in [0, 0.1) is 11.3 Å². The summed E-state index contributed by atoms with van der Waals surface area (Å²) in [7, 11) is 1.69. The zero-order chi connectivity index (χ0) is 20.1. The molecule has 28 heavy (non-hydrogen) atoms. The minimum absolute atomic E-state index is 0.0924. The van der Waals surface area contributed by atoms with E-state index >= 15 is 0 Å². The molecule has 1 aliphatic heterocycles. The highest BCUT2D eigenvalue weighted by Gasteiger charge is 2.27. The highest BCUT2D eigenvalue weighted by molar-refractivity contribution is 5.97. The monoisotopic (exact) mass is 391 g/mol. The Labute approximate surface area is 161 Å². The van der Waals surface area contributed by atoms with E-state index in [0.717, 1.165) is 31.4 Å². The molecule has 0 saturated carbocycles. The van der Waals surface area contributed by atoms with Crippen LogP contribution in [0.1, 0.15) is 12.2 Å². The number of piperidine rings is 1. The van der Waals surface area contributed by atoms with E-state index < -0.39 is 12.1 Å². The van der Waals surface area contributed by atoms with E-state index in [1.165, 1.54) is 12.4 Å². The molecule has 0 spiro atoms. The first-order valence-corrected chi connectivity index (χ1v) is 8.90. The van der Waals surface area contributed by atoms with Gasteiger partial charge in [-0.2, -0.15) is 0 Å². The smallest absolute Gasteiger partial charge is 0.279 e. The summed E-state index contributed by atoms with van der Waals surface area (Å²) in [5, 5.41) is 7.15. The molecular weight excluding hydrogens is 368 g/mol. The van der Waals surface area contributed by atoms with Gasteiger partial charge in [0.25, 0.3) is 6.43 Å². The molecule has 1 saturated heterocycles. The van der Waals surface area contributed by atoms with E-state index in [1.54, 1.807) is 13.3 Å². The van der Waals surface area contributed by atoms with Gasteiger partial charge in [-0.15, -0.1) is 0 Å². The SMILES string of the molecule is COC1CC(CN)CN(c2cc(-c3cnc(/C=C\C(=N)C(F)F)[nH]3)ncn2)C1. The first-order valence-electron chi connectivity index (χ1n) is 8.90. The van der Waals surface area contributed by atoms with Crippen LogP contribution in [0.25, 0.3) is 17.5 Å². The van der Waals surface area contributed by atoms with Gasteiger partial charge in [0.2, 0.25) is 0 Å². The molecule has 0 aromatic carbocycles. The lowest BCUT2D eigenvalue weighted by Gasteiger charge is -2.37. The third-order valence-corrected chi connectivity index (χ3v) is 4.67. The van der Waals surface area contributed by atoms with Gasteiger partial charge in [-0.1, -0.05) is 0 Å².